The van der Waals surface area contributed by atoms with Gasteiger partial charge >= 0.3 is 0 Å². The van der Waals surface area contributed by atoms with Crippen LogP contribution in [-0.4, -0.2) is 6.17 Å². The molecule has 0 spiro atoms. The quantitative estimate of drug-likeness (QED) is 0.597. The second-order valence-corrected chi connectivity index (χ2v) is 5.78. The number of hydrogen-bond donors (Lipinski definition) is 0. The SMILES string of the molecule is C=C1CC(CC(C)F)CC(C)=C1C(C)CCC. The van der Waals surface area contributed by atoms with E-state index >= 15 is 0 Å². The first-order valence-electron chi connectivity index (χ1n) is 6.97. The summed E-state index contributed by atoms with van der Waals surface area (Å²) < 4.78 is 13.1. The van der Waals surface area contributed by atoms with Crippen molar-refractivity contribution in [2.45, 2.75) is 66.0 Å². The Morgan fingerprint density at radius 1 is 1.35 bits per heavy atom. The molecule has 1 heteroatoms. The Bertz CT molecular complexity index is 299. The number of allylic oxidation sites excluding steroid dienone is 3. The molecule has 1 rings (SSSR count). The van der Waals surface area contributed by atoms with Crippen LogP contribution in [0, 0.1) is 11.8 Å². The fraction of sp³-hybridized carbons (Fsp3) is 0.750. The smallest absolute Gasteiger partial charge is 0.0976 e. The highest BCUT2D eigenvalue weighted by atomic mass is 19.1. The van der Waals surface area contributed by atoms with Gasteiger partial charge < -0.3 is 0 Å². The molecule has 0 aromatic heterocycles. The third kappa shape index (κ3) is 3.97. The van der Waals surface area contributed by atoms with Gasteiger partial charge in [-0.1, -0.05) is 38.0 Å². The molecule has 0 aromatic rings. The predicted molar refractivity (Wildman–Crippen MR) is 73.8 cm³/mol. The summed E-state index contributed by atoms with van der Waals surface area (Å²) in [7, 11) is 0. The van der Waals surface area contributed by atoms with Crippen LogP contribution in [0.15, 0.2) is 23.3 Å². The molecule has 0 saturated heterocycles. The van der Waals surface area contributed by atoms with Crippen molar-refractivity contribution in [3.63, 3.8) is 0 Å². The summed E-state index contributed by atoms with van der Waals surface area (Å²) >= 11 is 0. The van der Waals surface area contributed by atoms with Crippen LogP contribution in [0.5, 0.6) is 0 Å². The summed E-state index contributed by atoms with van der Waals surface area (Å²) in [6, 6.07) is 0. The van der Waals surface area contributed by atoms with Gasteiger partial charge in [-0.3, -0.25) is 0 Å². The van der Waals surface area contributed by atoms with Gasteiger partial charge in [0.15, 0.2) is 0 Å². The van der Waals surface area contributed by atoms with Crippen molar-refractivity contribution in [3.05, 3.63) is 23.3 Å². The van der Waals surface area contributed by atoms with E-state index in [1.807, 2.05) is 0 Å². The molecule has 0 aromatic carbocycles. The molecule has 0 saturated carbocycles. The normalized spacial score (nSPS) is 25.0. The minimum Gasteiger partial charge on any atom is -0.248 e. The highest BCUT2D eigenvalue weighted by Crippen LogP contribution is 2.39. The van der Waals surface area contributed by atoms with E-state index in [9.17, 15) is 4.39 Å². The van der Waals surface area contributed by atoms with Crippen molar-refractivity contribution in [2.75, 3.05) is 0 Å². The van der Waals surface area contributed by atoms with Crippen LogP contribution in [-0.2, 0) is 0 Å². The van der Waals surface area contributed by atoms with E-state index in [0.29, 0.717) is 18.3 Å². The van der Waals surface area contributed by atoms with Gasteiger partial charge in [0.25, 0.3) is 0 Å². The average Bonchev–Trinajstić information content (AvgIpc) is 2.15. The van der Waals surface area contributed by atoms with Crippen molar-refractivity contribution in [1.29, 1.82) is 0 Å². The zero-order valence-electron chi connectivity index (χ0n) is 11.9. The van der Waals surface area contributed by atoms with Gasteiger partial charge in [0.05, 0.1) is 6.17 Å². The van der Waals surface area contributed by atoms with Gasteiger partial charge in [-0.05, 0) is 56.9 Å². The van der Waals surface area contributed by atoms with Crippen LogP contribution < -0.4 is 0 Å². The van der Waals surface area contributed by atoms with Gasteiger partial charge in [0.1, 0.15) is 0 Å². The van der Waals surface area contributed by atoms with Crippen LogP contribution in [0.25, 0.3) is 0 Å². The molecule has 0 radical (unpaired) electrons. The van der Waals surface area contributed by atoms with Crippen LogP contribution in [0.3, 0.4) is 0 Å². The second-order valence-electron chi connectivity index (χ2n) is 5.78. The lowest BCUT2D eigenvalue weighted by Crippen LogP contribution is -2.17. The number of halogens is 1. The van der Waals surface area contributed by atoms with Gasteiger partial charge in [-0.2, -0.15) is 0 Å². The third-order valence-corrected chi connectivity index (χ3v) is 3.84. The number of rotatable bonds is 5. The Balaban J connectivity index is 2.75. The minimum absolute atomic E-state index is 0.472. The Morgan fingerprint density at radius 3 is 2.47 bits per heavy atom. The van der Waals surface area contributed by atoms with E-state index in [1.54, 1.807) is 6.92 Å². The van der Waals surface area contributed by atoms with E-state index < -0.39 is 6.17 Å². The largest absolute Gasteiger partial charge is 0.248 e. The van der Waals surface area contributed by atoms with Gasteiger partial charge in [-0.15, -0.1) is 0 Å². The Morgan fingerprint density at radius 2 is 2.00 bits per heavy atom. The van der Waals surface area contributed by atoms with Gasteiger partial charge in [0.2, 0.25) is 0 Å². The molecule has 0 N–H and O–H groups in total. The van der Waals surface area contributed by atoms with E-state index in [0.717, 1.165) is 12.8 Å². The molecular formula is C16H27F. The molecule has 0 nitrogen and oxygen atoms in total. The van der Waals surface area contributed by atoms with Gasteiger partial charge in [0, 0.05) is 0 Å². The minimum atomic E-state index is -0.685. The lowest BCUT2D eigenvalue weighted by atomic mass is 9.75. The summed E-state index contributed by atoms with van der Waals surface area (Å²) in [4.78, 5) is 0. The van der Waals surface area contributed by atoms with Gasteiger partial charge in [-0.25, -0.2) is 4.39 Å². The van der Waals surface area contributed by atoms with Crippen molar-refractivity contribution in [2.24, 2.45) is 11.8 Å². The molecule has 17 heavy (non-hydrogen) atoms. The molecule has 0 aliphatic heterocycles. The maximum atomic E-state index is 13.1. The van der Waals surface area contributed by atoms with Crippen LogP contribution in [0.2, 0.25) is 0 Å². The fourth-order valence-corrected chi connectivity index (χ4v) is 3.35. The Kier molecular flexibility index (Phi) is 5.42. The number of alkyl halides is 1. The molecule has 1 aliphatic rings. The van der Waals surface area contributed by atoms with E-state index in [-0.39, 0.29) is 0 Å². The third-order valence-electron chi connectivity index (χ3n) is 3.84. The van der Waals surface area contributed by atoms with Crippen LogP contribution >= 0.6 is 0 Å². The highest BCUT2D eigenvalue weighted by molar-refractivity contribution is 5.37. The molecular weight excluding hydrogens is 211 g/mol. The predicted octanol–water partition coefficient (Wildman–Crippen LogP) is 5.45. The van der Waals surface area contributed by atoms with E-state index in [1.165, 1.54) is 29.6 Å². The van der Waals surface area contributed by atoms with E-state index in [2.05, 4.69) is 27.4 Å². The standard InChI is InChI=1S/C16H27F/c1-6-7-11(2)16-12(3)8-15(9-13(16)4)10-14(5)17/h11,14-15H,3,6-10H2,1-2,4-5H3. The molecule has 0 fully saturated rings. The molecule has 0 amide bonds. The lowest BCUT2D eigenvalue weighted by Gasteiger charge is -2.31. The van der Waals surface area contributed by atoms with Crippen molar-refractivity contribution in [1.82, 2.24) is 0 Å². The summed E-state index contributed by atoms with van der Waals surface area (Å²) in [5.74, 6) is 1.09. The molecule has 3 unspecified atom stereocenters. The zero-order valence-corrected chi connectivity index (χ0v) is 11.9. The summed E-state index contributed by atoms with van der Waals surface area (Å²) in [6.45, 7) is 12.6. The molecule has 0 bridgehead atoms. The molecule has 3 atom stereocenters. The van der Waals surface area contributed by atoms with E-state index in [4.69, 9.17) is 0 Å². The second kappa shape index (κ2) is 6.37. The van der Waals surface area contributed by atoms with Crippen molar-refractivity contribution >= 4 is 0 Å². The monoisotopic (exact) mass is 238 g/mol. The zero-order chi connectivity index (χ0) is 13.0. The maximum absolute atomic E-state index is 13.1. The fourth-order valence-electron chi connectivity index (χ4n) is 3.35. The molecule has 98 valence electrons. The summed E-state index contributed by atoms with van der Waals surface area (Å²) in [5.41, 5.74) is 4.20. The summed E-state index contributed by atoms with van der Waals surface area (Å²) in [6.07, 6.45) is 4.51. The van der Waals surface area contributed by atoms with Crippen LogP contribution in [0.1, 0.15) is 59.8 Å². The van der Waals surface area contributed by atoms with Crippen LogP contribution in [0.4, 0.5) is 4.39 Å². The highest BCUT2D eigenvalue weighted by Gasteiger charge is 2.25. The number of hydrogen-bond acceptors (Lipinski definition) is 0. The summed E-state index contributed by atoms with van der Waals surface area (Å²) in [5, 5.41) is 0. The first-order chi connectivity index (χ1) is 7.95. The van der Waals surface area contributed by atoms with Crippen molar-refractivity contribution < 1.29 is 4.39 Å². The first-order valence-corrected chi connectivity index (χ1v) is 6.97. The molecule has 1 aliphatic carbocycles. The average molecular weight is 238 g/mol. The topological polar surface area (TPSA) is 0 Å². The maximum Gasteiger partial charge on any atom is 0.0976 e. The lowest BCUT2D eigenvalue weighted by molar-refractivity contribution is 0.281. The first kappa shape index (κ1) is 14.5. The molecule has 0 heterocycles. The Labute approximate surface area is 106 Å². The Hall–Kier alpha value is -0.590. The van der Waals surface area contributed by atoms with Crippen molar-refractivity contribution in [3.8, 4) is 0 Å².